The number of ether oxygens (including phenoxy) is 1. The van der Waals surface area contributed by atoms with Gasteiger partial charge in [-0.2, -0.15) is 0 Å². The van der Waals surface area contributed by atoms with Crippen LogP contribution in [-0.4, -0.2) is 24.2 Å². The van der Waals surface area contributed by atoms with Crippen molar-refractivity contribution in [3.05, 3.63) is 39.8 Å². The number of carboxylic acid groups (broad SMARTS) is 1. The summed E-state index contributed by atoms with van der Waals surface area (Å²) in [5.74, 6) is -0.507. The molecule has 0 aliphatic carbocycles. The van der Waals surface area contributed by atoms with E-state index in [2.05, 4.69) is 10.0 Å². The van der Waals surface area contributed by atoms with E-state index in [1.165, 1.54) is 12.1 Å². The topological polar surface area (TPSA) is 95.3 Å². The third kappa shape index (κ3) is 3.18. The first-order valence-corrected chi connectivity index (χ1v) is 4.62. The lowest BCUT2D eigenvalue weighted by Gasteiger charge is -2.08. The summed E-state index contributed by atoms with van der Waals surface area (Å²) in [7, 11) is 0. The van der Waals surface area contributed by atoms with Crippen molar-refractivity contribution in [2.75, 3.05) is 13.2 Å². The van der Waals surface area contributed by atoms with E-state index in [0.29, 0.717) is 5.75 Å². The maximum absolute atomic E-state index is 10.7. The Bertz CT molecular complexity index is 439. The van der Waals surface area contributed by atoms with Gasteiger partial charge in [0.1, 0.15) is 5.75 Å². The maximum Gasteiger partial charge on any atom is 0.335 e. The second-order valence-electron chi connectivity index (χ2n) is 3.09. The number of aromatic carboxylic acids is 1. The summed E-state index contributed by atoms with van der Waals surface area (Å²) in [6.07, 6.45) is 0. The highest BCUT2D eigenvalue weighted by Gasteiger charge is 2.06. The van der Waals surface area contributed by atoms with Gasteiger partial charge in [0.25, 0.3) is 0 Å². The van der Waals surface area contributed by atoms with E-state index in [1.54, 1.807) is 6.07 Å². The predicted molar refractivity (Wildman–Crippen MR) is 57.6 cm³/mol. The molecule has 6 nitrogen and oxygen atoms in total. The Morgan fingerprint density at radius 3 is 3.00 bits per heavy atom. The molecule has 84 valence electrons. The second kappa shape index (κ2) is 5.63. The highest BCUT2D eigenvalue weighted by molar-refractivity contribution is 5.88. The van der Waals surface area contributed by atoms with Crippen LogP contribution < -0.4 is 4.74 Å². The van der Waals surface area contributed by atoms with Crippen LogP contribution in [0.3, 0.4) is 0 Å². The minimum Gasteiger partial charge on any atom is -0.493 e. The lowest BCUT2D eigenvalue weighted by atomic mass is 10.1. The van der Waals surface area contributed by atoms with Crippen LogP contribution in [0.1, 0.15) is 15.9 Å². The summed E-state index contributed by atoms with van der Waals surface area (Å²) >= 11 is 0. The number of hydrogen-bond donors (Lipinski definition) is 1. The van der Waals surface area contributed by atoms with E-state index in [-0.39, 0.29) is 18.7 Å². The summed E-state index contributed by atoms with van der Waals surface area (Å²) in [6.45, 7) is 2.26. The molecule has 0 fully saturated rings. The zero-order valence-corrected chi connectivity index (χ0v) is 8.75. The average molecular weight is 221 g/mol. The molecule has 0 atom stereocenters. The number of aryl methyl sites for hydroxylation is 1. The Labute approximate surface area is 92.1 Å². The second-order valence-corrected chi connectivity index (χ2v) is 3.09. The molecular weight excluding hydrogens is 210 g/mol. The molecule has 1 N–H and O–H groups in total. The summed E-state index contributed by atoms with van der Waals surface area (Å²) in [5.41, 5.74) is 9.07. The highest BCUT2D eigenvalue weighted by atomic mass is 16.5. The molecule has 0 radical (unpaired) electrons. The lowest BCUT2D eigenvalue weighted by molar-refractivity contribution is 0.0696. The fourth-order valence-electron chi connectivity index (χ4n) is 1.13. The van der Waals surface area contributed by atoms with E-state index in [9.17, 15) is 4.79 Å². The van der Waals surface area contributed by atoms with Crippen molar-refractivity contribution in [3.8, 4) is 5.75 Å². The number of carboxylic acids is 1. The first kappa shape index (κ1) is 11.9. The molecule has 0 aliphatic rings. The largest absolute Gasteiger partial charge is 0.493 e. The van der Waals surface area contributed by atoms with Gasteiger partial charge in [-0.3, -0.25) is 0 Å². The normalized spacial score (nSPS) is 9.31. The number of azide groups is 1. The van der Waals surface area contributed by atoms with Gasteiger partial charge in [0.05, 0.1) is 18.7 Å². The number of carbonyl (C=O) groups is 1. The van der Waals surface area contributed by atoms with Gasteiger partial charge >= 0.3 is 5.97 Å². The summed E-state index contributed by atoms with van der Waals surface area (Å²) in [4.78, 5) is 13.3. The van der Waals surface area contributed by atoms with E-state index < -0.39 is 5.97 Å². The van der Waals surface area contributed by atoms with Crippen molar-refractivity contribution in [2.24, 2.45) is 5.11 Å². The third-order valence-electron chi connectivity index (χ3n) is 1.95. The minimum absolute atomic E-state index is 0.171. The van der Waals surface area contributed by atoms with Crippen molar-refractivity contribution >= 4 is 5.97 Å². The van der Waals surface area contributed by atoms with Gasteiger partial charge in [0, 0.05) is 4.91 Å². The molecule has 0 unspecified atom stereocenters. The van der Waals surface area contributed by atoms with Crippen LogP contribution in [0.25, 0.3) is 10.4 Å². The molecule has 0 spiro atoms. The molecule has 0 aliphatic heterocycles. The first-order valence-electron chi connectivity index (χ1n) is 4.62. The monoisotopic (exact) mass is 221 g/mol. The smallest absolute Gasteiger partial charge is 0.335 e. The number of benzene rings is 1. The van der Waals surface area contributed by atoms with Crippen molar-refractivity contribution < 1.29 is 14.6 Å². The zero-order valence-electron chi connectivity index (χ0n) is 8.75. The number of hydrogen-bond acceptors (Lipinski definition) is 3. The SMILES string of the molecule is Cc1ccc(C(=O)O)cc1OCCN=[N+]=[N-]. The molecule has 6 heteroatoms. The van der Waals surface area contributed by atoms with Crippen molar-refractivity contribution in [2.45, 2.75) is 6.92 Å². The Morgan fingerprint density at radius 1 is 1.62 bits per heavy atom. The van der Waals surface area contributed by atoms with Crippen LogP contribution in [0.5, 0.6) is 5.75 Å². The van der Waals surface area contributed by atoms with Gasteiger partial charge in [-0.1, -0.05) is 11.2 Å². The van der Waals surface area contributed by atoms with Gasteiger partial charge < -0.3 is 9.84 Å². The van der Waals surface area contributed by atoms with Crippen LogP contribution in [-0.2, 0) is 0 Å². The molecule has 0 aromatic heterocycles. The minimum atomic E-state index is -1.00. The van der Waals surface area contributed by atoms with Gasteiger partial charge in [0.2, 0.25) is 0 Å². The highest BCUT2D eigenvalue weighted by Crippen LogP contribution is 2.19. The van der Waals surface area contributed by atoms with Crippen LogP contribution >= 0.6 is 0 Å². The van der Waals surface area contributed by atoms with Crippen LogP contribution in [0.15, 0.2) is 23.3 Å². The van der Waals surface area contributed by atoms with Gasteiger partial charge in [0.15, 0.2) is 0 Å². The standard InChI is InChI=1S/C10H11N3O3/c1-7-2-3-8(10(14)15)6-9(7)16-5-4-12-13-11/h2-3,6H,4-5H2,1H3,(H,14,15). The first-order chi connectivity index (χ1) is 7.65. The molecule has 1 aromatic rings. The molecule has 1 rings (SSSR count). The average Bonchev–Trinajstić information content (AvgIpc) is 2.26. The number of rotatable bonds is 5. The molecule has 16 heavy (non-hydrogen) atoms. The summed E-state index contributed by atoms with van der Waals surface area (Å²) in [6, 6.07) is 4.64. The van der Waals surface area contributed by atoms with Crippen LogP contribution in [0.4, 0.5) is 0 Å². The summed E-state index contributed by atoms with van der Waals surface area (Å²) in [5, 5.41) is 12.1. The van der Waals surface area contributed by atoms with Crippen LogP contribution in [0.2, 0.25) is 0 Å². The van der Waals surface area contributed by atoms with Crippen molar-refractivity contribution in [1.29, 1.82) is 0 Å². The molecule has 0 saturated carbocycles. The van der Waals surface area contributed by atoms with E-state index in [0.717, 1.165) is 5.56 Å². The lowest BCUT2D eigenvalue weighted by Crippen LogP contribution is -2.03. The van der Waals surface area contributed by atoms with Gasteiger partial charge in [-0.15, -0.1) is 0 Å². The molecule has 0 saturated heterocycles. The molecular formula is C10H11N3O3. The molecule has 0 amide bonds. The van der Waals surface area contributed by atoms with E-state index in [4.69, 9.17) is 15.4 Å². The molecule has 1 aromatic carbocycles. The Balaban J connectivity index is 2.74. The maximum atomic E-state index is 10.7. The van der Waals surface area contributed by atoms with Crippen molar-refractivity contribution in [1.82, 2.24) is 0 Å². The Morgan fingerprint density at radius 2 is 2.38 bits per heavy atom. The van der Waals surface area contributed by atoms with Crippen molar-refractivity contribution in [3.63, 3.8) is 0 Å². The van der Waals surface area contributed by atoms with Gasteiger partial charge in [-0.05, 0) is 30.2 Å². The molecule has 0 heterocycles. The number of nitrogens with zero attached hydrogens (tertiary/aromatic N) is 3. The van der Waals surface area contributed by atoms with E-state index in [1.807, 2.05) is 6.92 Å². The fraction of sp³-hybridized carbons (Fsp3) is 0.300. The fourth-order valence-corrected chi connectivity index (χ4v) is 1.13. The third-order valence-corrected chi connectivity index (χ3v) is 1.95. The quantitative estimate of drug-likeness (QED) is 0.358. The Hall–Kier alpha value is -2.20. The van der Waals surface area contributed by atoms with Crippen LogP contribution in [0, 0.1) is 6.92 Å². The zero-order chi connectivity index (χ0) is 12.0. The summed E-state index contributed by atoms with van der Waals surface area (Å²) < 4.78 is 5.30. The van der Waals surface area contributed by atoms with E-state index >= 15 is 0 Å². The molecule has 0 bridgehead atoms. The predicted octanol–water partition coefficient (Wildman–Crippen LogP) is 2.38. The Kier molecular flexibility index (Phi) is 4.17. The van der Waals surface area contributed by atoms with Gasteiger partial charge in [-0.25, -0.2) is 4.79 Å².